The average Bonchev–Trinajstić information content (AvgIpc) is 1.98. The third-order valence-electron chi connectivity index (χ3n) is 1.40. The Bertz CT molecular complexity index is 317. The molecule has 1 aliphatic rings. The SMILES string of the molecule is O=C1C(Cl)=CC(Cl)(Cl)C(=O)C1(Cl)Cl. The standard InChI is InChI=1S/C6HCl5O2/c7-2-1-5(8,9)4(13)6(10,11)3(2)12/h1H. The predicted octanol–water partition coefficient (Wildman–Crippen LogP) is 2.61. The number of carbonyl (C=O) groups is 2. The summed E-state index contributed by atoms with van der Waals surface area (Å²) >= 11 is 27.3. The van der Waals surface area contributed by atoms with Gasteiger partial charge in [0.25, 0.3) is 0 Å². The summed E-state index contributed by atoms with van der Waals surface area (Å²) in [4.78, 5) is 22.4. The molecule has 1 aliphatic carbocycles. The van der Waals surface area contributed by atoms with E-state index in [1.165, 1.54) is 0 Å². The largest absolute Gasteiger partial charge is 0.292 e. The zero-order valence-corrected chi connectivity index (χ0v) is 9.56. The van der Waals surface area contributed by atoms with Gasteiger partial charge in [-0.25, -0.2) is 0 Å². The monoisotopic (exact) mass is 280 g/mol. The Kier molecular flexibility index (Phi) is 2.93. The van der Waals surface area contributed by atoms with Crippen molar-refractivity contribution in [2.45, 2.75) is 8.67 Å². The van der Waals surface area contributed by atoms with Crippen LogP contribution in [0.25, 0.3) is 0 Å². The molecule has 0 aromatic heterocycles. The molecule has 0 radical (unpaired) electrons. The van der Waals surface area contributed by atoms with Gasteiger partial charge in [0.1, 0.15) is 0 Å². The highest BCUT2D eigenvalue weighted by Crippen LogP contribution is 2.42. The molecule has 2 nitrogen and oxygen atoms in total. The summed E-state index contributed by atoms with van der Waals surface area (Å²) < 4.78 is -4.25. The lowest BCUT2D eigenvalue weighted by Gasteiger charge is -2.27. The molecule has 0 saturated carbocycles. The summed E-state index contributed by atoms with van der Waals surface area (Å²) in [5, 5.41) is -0.352. The molecule has 0 spiro atoms. The average molecular weight is 282 g/mol. The van der Waals surface area contributed by atoms with Crippen LogP contribution in [0.1, 0.15) is 0 Å². The number of ketones is 2. The second-order valence-corrected chi connectivity index (χ2v) is 5.47. The van der Waals surface area contributed by atoms with Gasteiger partial charge in [-0.1, -0.05) is 58.0 Å². The minimum Gasteiger partial charge on any atom is -0.292 e. The third-order valence-corrected chi connectivity index (χ3v) is 2.93. The van der Waals surface area contributed by atoms with Crippen molar-refractivity contribution in [2.24, 2.45) is 0 Å². The first kappa shape index (κ1) is 11.6. The fourth-order valence-corrected chi connectivity index (χ4v) is 2.46. The predicted molar refractivity (Wildman–Crippen MR) is 52.8 cm³/mol. The molecule has 1 rings (SSSR count). The number of alkyl halides is 4. The molecule has 0 bridgehead atoms. The Morgan fingerprint density at radius 3 is 2.00 bits per heavy atom. The van der Waals surface area contributed by atoms with Gasteiger partial charge in [0.2, 0.25) is 15.9 Å². The lowest BCUT2D eigenvalue weighted by atomic mass is 10.0. The van der Waals surface area contributed by atoms with E-state index in [4.69, 9.17) is 58.0 Å². The number of allylic oxidation sites excluding steroid dienone is 2. The van der Waals surface area contributed by atoms with E-state index in [0.717, 1.165) is 6.08 Å². The molecule has 0 heterocycles. The maximum absolute atomic E-state index is 11.3. The number of Topliss-reactive ketones (excluding diaryl/α,β-unsaturated/α-hetero) is 2. The highest BCUT2D eigenvalue weighted by atomic mass is 35.5. The van der Waals surface area contributed by atoms with Crippen LogP contribution in [-0.2, 0) is 9.59 Å². The van der Waals surface area contributed by atoms with Crippen molar-refractivity contribution in [1.82, 2.24) is 0 Å². The van der Waals surface area contributed by atoms with Crippen molar-refractivity contribution in [3.63, 3.8) is 0 Å². The summed E-state index contributed by atoms with van der Waals surface area (Å²) in [6, 6.07) is 0. The molecule has 0 unspecified atom stereocenters. The maximum Gasteiger partial charge on any atom is 0.242 e. The van der Waals surface area contributed by atoms with E-state index in [9.17, 15) is 9.59 Å². The topological polar surface area (TPSA) is 34.1 Å². The number of hydrogen-bond donors (Lipinski definition) is 0. The van der Waals surface area contributed by atoms with E-state index in [-0.39, 0.29) is 5.03 Å². The van der Waals surface area contributed by atoms with E-state index in [1.807, 2.05) is 0 Å². The van der Waals surface area contributed by atoms with Crippen molar-refractivity contribution in [3.05, 3.63) is 11.1 Å². The molecule has 0 atom stereocenters. The van der Waals surface area contributed by atoms with Gasteiger partial charge in [-0.3, -0.25) is 9.59 Å². The van der Waals surface area contributed by atoms with Crippen LogP contribution >= 0.6 is 58.0 Å². The lowest BCUT2D eigenvalue weighted by molar-refractivity contribution is -0.126. The van der Waals surface area contributed by atoms with Crippen LogP contribution in [0.4, 0.5) is 0 Å². The van der Waals surface area contributed by atoms with Crippen molar-refractivity contribution in [1.29, 1.82) is 0 Å². The molecule has 0 aromatic carbocycles. The van der Waals surface area contributed by atoms with Gasteiger partial charge in [-0.2, -0.15) is 0 Å². The summed E-state index contributed by atoms with van der Waals surface area (Å²) in [6.45, 7) is 0. The Morgan fingerprint density at radius 2 is 1.54 bits per heavy atom. The van der Waals surface area contributed by atoms with E-state index in [1.54, 1.807) is 0 Å². The van der Waals surface area contributed by atoms with Crippen molar-refractivity contribution in [2.75, 3.05) is 0 Å². The van der Waals surface area contributed by atoms with Crippen LogP contribution in [0.5, 0.6) is 0 Å². The molecular formula is C6HCl5O2. The summed E-state index contributed by atoms with van der Waals surface area (Å²) in [6.07, 6.45) is 0.894. The number of rotatable bonds is 0. The zero-order valence-electron chi connectivity index (χ0n) is 5.78. The van der Waals surface area contributed by atoms with Crippen LogP contribution < -0.4 is 0 Å². The Labute approximate surface area is 98.7 Å². The molecule has 13 heavy (non-hydrogen) atoms. The van der Waals surface area contributed by atoms with E-state index < -0.39 is 20.2 Å². The Morgan fingerprint density at radius 1 is 1.08 bits per heavy atom. The van der Waals surface area contributed by atoms with Gasteiger partial charge in [0.05, 0.1) is 5.03 Å². The normalized spacial score (nSPS) is 25.8. The molecule has 0 amide bonds. The number of carbonyl (C=O) groups excluding carboxylic acids is 2. The van der Waals surface area contributed by atoms with Crippen LogP contribution in [0.15, 0.2) is 11.1 Å². The first-order valence-corrected chi connectivity index (χ1v) is 4.82. The molecule has 0 aromatic rings. The highest BCUT2D eigenvalue weighted by molar-refractivity contribution is 6.79. The molecular weight excluding hydrogens is 281 g/mol. The van der Waals surface area contributed by atoms with Gasteiger partial charge < -0.3 is 0 Å². The molecule has 72 valence electrons. The molecule has 0 saturated heterocycles. The van der Waals surface area contributed by atoms with Gasteiger partial charge in [-0.05, 0) is 6.08 Å². The van der Waals surface area contributed by atoms with E-state index in [2.05, 4.69) is 0 Å². The highest BCUT2D eigenvalue weighted by Gasteiger charge is 2.55. The molecule has 7 heteroatoms. The first-order chi connectivity index (χ1) is 5.69. The fourth-order valence-electron chi connectivity index (χ4n) is 0.753. The minimum absolute atomic E-state index is 0.352. The van der Waals surface area contributed by atoms with Crippen molar-refractivity contribution in [3.8, 4) is 0 Å². The molecule has 0 fully saturated rings. The summed E-state index contributed by atoms with van der Waals surface area (Å²) in [5.41, 5.74) is 0. The maximum atomic E-state index is 11.3. The van der Waals surface area contributed by atoms with Crippen LogP contribution in [-0.4, -0.2) is 20.2 Å². The summed E-state index contributed by atoms with van der Waals surface area (Å²) in [5.74, 6) is -1.93. The Hall–Kier alpha value is 0.530. The first-order valence-electron chi connectivity index (χ1n) is 2.93. The van der Waals surface area contributed by atoms with Crippen LogP contribution in [0.2, 0.25) is 0 Å². The quantitative estimate of drug-likeness (QED) is 0.505. The second kappa shape index (κ2) is 3.28. The van der Waals surface area contributed by atoms with Gasteiger partial charge >= 0.3 is 0 Å². The van der Waals surface area contributed by atoms with Crippen molar-refractivity contribution < 1.29 is 9.59 Å². The zero-order chi connectivity index (χ0) is 10.4. The lowest BCUT2D eigenvalue weighted by Crippen LogP contribution is -2.48. The Balaban J connectivity index is 3.32. The van der Waals surface area contributed by atoms with E-state index >= 15 is 0 Å². The van der Waals surface area contributed by atoms with Gasteiger partial charge in [0, 0.05) is 0 Å². The second-order valence-electron chi connectivity index (χ2n) is 2.35. The minimum atomic E-state index is -2.30. The molecule has 0 N–H and O–H groups in total. The van der Waals surface area contributed by atoms with Gasteiger partial charge in [0.15, 0.2) is 4.33 Å². The van der Waals surface area contributed by atoms with Crippen molar-refractivity contribution >= 4 is 69.6 Å². The van der Waals surface area contributed by atoms with Crippen LogP contribution in [0, 0.1) is 0 Å². The van der Waals surface area contributed by atoms with Gasteiger partial charge in [-0.15, -0.1) is 0 Å². The number of hydrogen-bond acceptors (Lipinski definition) is 2. The number of halogens is 5. The fraction of sp³-hybridized carbons (Fsp3) is 0.333. The molecule has 0 aliphatic heterocycles. The summed E-state index contributed by atoms with van der Waals surface area (Å²) in [7, 11) is 0. The third kappa shape index (κ3) is 1.83. The smallest absolute Gasteiger partial charge is 0.242 e. The van der Waals surface area contributed by atoms with Crippen LogP contribution in [0.3, 0.4) is 0 Å². The van der Waals surface area contributed by atoms with E-state index in [0.29, 0.717) is 0 Å².